The molecule has 1 aliphatic heterocycles. The van der Waals surface area contributed by atoms with E-state index in [4.69, 9.17) is 4.74 Å². The summed E-state index contributed by atoms with van der Waals surface area (Å²) in [5.74, 6) is 0.505. The SMILES string of the molecule is Cc1cc(O)cc2c1NC(=O)CO2. The molecule has 0 saturated carbocycles. The number of carbonyl (C=O) groups is 1. The zero-order valence-corrected chi connectivity index (χ0v) is 7.13. The van der Waals surface area contributed by atoms with E-state index in [-0.39, 0.29) is 18.3 Å². The quantitative estimate of drug-likeness (QED) is 0.585. The van der Waals surface area contributed by atoms with Crippen LogP contribution < -0.4 is 10.1 Å². The van der Waals surface area contributed by atoms with Crippen molar-refractivity contribution in [3.8, 4) is 11.5 Å². The van der Waals surface area contributed by atoms with E-state index >= 15 is 0 Å². The van der Waals surface area contributed by atoms with Crippen molar-refractivity contribution in [2.24, 2.45) is 0 Å². The lowest BCUT2D eigenvalue weighted by atomic mass is 10.1. The van der Waals surface area contributed by atoms with Crippen LogP contribution in [0.25, 0.3) is 0 Å². The average Bonchev–Trinajstić information content (AvgIpc) is 2.06. The van der Waals surface area contributed by atoms with Crippen LogP contribution in [0.5, 0.6) is 11.5 Å². The van der Waals surface area contributed by atoms with Gasteiger partial charge < -0.3 is 15.2 Å². The Hall–Kier alpha value is -1.71. The first-order chi connectivity index (χ1) is 6.16. The minimum absolute atomic E-state index is 0.00981. The molecule has 0 bridgehead atoms. The van der Waals surface area contributed by atoms with Crippen LogP contribution in [0.4, 0.5) is 5.69 Å². The number of phenolic OH excluding ortho intramolecular Hbond substituents is 1. The first-order valence-electron chi connectivity index (χ1n) is 3.93. The summed E-state index contributed by atoms with van der Waals surface area (Å²) < 4.78 is 5.13. The zero-order valence-electron chi connectivity index (χ0n) is 7.13. The van der Waals surface area contributed by atoms with E-state index in [1.807, 2.05) is 0 Å². The number of aromatic hydroxyl groups is 1. The average molecular weight is 179 g/mol. The minimum atomic E-state index is -0.165. The molecule has 0 aromatic heterocycles. The lowest BCUT2D eigenvalue weighted by Gasteiger charge is -2.19. The van der Waals surface area contributed by atoms with E-state index in [2.05, 4.69) is 5.32 Å². The number of phenols is 1. The Morgan fingerprint density at radius 1 is 1.54 bits per heavy atom. The van der Waals surface area contributed by atoms with Gasteiger partial charge in [0.2, 0.25) is 0 Å². The van der Waals surface area contributed by atoms with Gasteiger partial charge in [0.15, 0.2) is 6.61 Å². The maximum Gasteiger partial charge on any atom is 0.262 e. The molecular formula is C9H9NO3. The van der Waals surface area contributed by atoms with Crippen molar-refractivity contribution < 1.29 is 14.6 Å². The van der Waals surface area contributed by atoms with Gasteiger partial charge in [-0.15, -0.1) is 0 Å². The lowest BCUT2D eigenvalue weighted by molar-refractivity contribution is -0.118. The molecule has 1 aromatic rings. The highest BCUT2D eigenvalue weighted by Gasteiger charge is 2.18. The van der Waals surface area contributed by atoms with Crippen molar-refractivity contribution in [2.75, 3.05) is 11.9 Å². The molecule has 1 amide bonds. The van der Waals surface area contributed by atoms with Crippen molar-refractivity contribution in [1.82, 2.24) is 0 Å². The molecule has 0 fully saturated rings. The summed E-state index contributed by atoms with van der Waals surface area (Å²) in [5, 5.41) is 11.9. The molecule has 4 heteroatoms. The van der Waals surface area contributed by atoms with E-state index in [1.165, 1.54) is 6.07 Å². The molecule has 0 saturated heterocycles. The maximum absolute atomic E-state index is 11.0. The standard InChI is InChI=1S/C9H9NO3/c1-5-2-6(11)3-7-9(5)10-8(12)4-13-7/h2-3,11H,4H2,1H3,(H,10,12). The number of carbonyl (C=O) groups excluding carboxylic acids is 1. The van der Waals surface area contributed by atoms with Gasteiger partial charge in [-0.25, -0.2) is 0 Å². The highest BCUT2D eigenvalue weighted by molar-refractivity contribution is 5.96. The number of benzene rings is 1. The van der Waals surface area contributed by atoms with Crippen LogP contribution in [0.15, 0.2) is 12.1 Å². The molecule has 0 radical (unpaired) electrons. The normalized spacial score (nSPS) is 14.4. The Bertz CT molecular complexity index is 373. The first kappa shape index (κ1) is 7.91. The third kappa shape index (κ3) is 1.30. The molecule has 4 nitrogen and oxygen atoms in total. The molecule has 0 unspecified atom stereocenters. The smallest absolute Gasteiger partial charge is 0.262 e. The molecular weight excluding hydrogens is 170 g/mol. The van der Waals surface area contributed by atoms with Crippen LogP contribution in [-0.2, 0) is 4.79 Å². The number of nitrogens with one attached hydrogen (secondary N) is 1. The Labute approximate surface area is 75.1 Å². The molecule has 0 atom stereocenters. The second-order valence-electron chi connectivity index (χ2n) is 2.97. The van der Waals surface area contributed by atoms with Gasteiger partial charge in [-0.3, -0.25) is 4.79 Å². The van der Waals surface area contributed by atoms with Crippen molar-refractivity contribution >= 4 is 11.6 Å². The van der Waals surface area contributed by atoms with Gasteiger partial charge in [0.05, 0.1) is 5.69 Å². The van der Waals surface area contributed by atoms with Crippen molar-refractivity contribution in [3.05, 3.63) is 17.7 Å². The predicted octanol–water partition coefficient (Wildman–Crippen LogP) is 1.03. The molecule has 2 rings (SSSR count). The number of hydrogen-bond acceptors (Lipinski definition) is 3. The molecule has 1 aliphatic rings. The fraction of sp³-hybridized carbons (Fsp3) is 0.222. The van der Waals surface area contributed by atoms with Crippen LogP contribution in [-0.4, -0.2) is 17.6 Å². The van der Waals surface area contributed by atoms with Gasteiger partial charge in [0.25, 0.3) is 5.91 Å². The number of anilines is 1. The highest BCUT2D eigenvalue weighted by Crippen LogP contribution is 2.34. The van der Waals surface area contributed by atoms with Gasteiger partial charge in [-0.1, -0.05) is 0 Å². The Balaban J connectivity index is 2.53. The molecule has 0 spiro atoms. The fourth-order valence-corrected chi connectivity index (χ4v) is 1.33. The fourth-order valence-electron chi connectivity index (χ4n) is 1.33. The predicted molar refractivity (Wildman–Crippen MR) is 47.0 cm³/mol. The van der Waals surface area contributed by atoms with Crippen LogP contribution in [0.1, 0.15) is 5.56 Å². The summed E-state index contributed by atoms with van der Waals surface area (Å²) in [6, 6.07) is 3.07. The highest BCUT2D eigenvalue weighted by atomic mass is 16.5. The third-order valence-electron chi connectivity index (χ3n) is 1.91. The topological polar surface area (TPSA) is 58.6 Å². The number of rotatable bonds is 0. The molecule has 68 valence electrons. The number of aryl methyl sites for hydroxylation is 1. The summed E-state index contributed by atoms with van der Waals surface area (Å²) in [7, 11) is 0. The van der Waals surface area contributed by atoms with E-state index in [1.54, 1.807) is 13.0 Å². The Kier molecular flexibility index (Phi) is 1.62. The first-order valence-corrected chi connectivity index (χ1v) is 3.93. The van der Waals surface area contributed by atoms with E-state index in [9.17, 15) is 9.90 Å². The number of fused-ring (bicyclic) bond motifs is 1. The maximum atomic E-state index is 11.0. The monoisotopic (exact) mass is 179 g/mol. The van der Waals surface area contributed by atoms with Gasteiger partial charge in [0, 0.05) is 6.07 Å². The molecule has 0 aliphatic carbocycles. The summed E-state index contributed by atoms with van der Waals surface area (Å²) >= 11 is 0. The summed E-state index contributed by atoms with van der Waals surface area (Å²) in [5.41, 5.74) is 1.44. The molecule has 1 aromatic carbocycles. The number of amides is 1. The third-order valence-corrected chi connectivity index (χ3v) is 1.91. The number of ether oxygens (including phenoxy) is 1. The van der Waals surface area contributed by atoms with Crippen molar-refractivity contribution in [3.63, 3.8) is 0 Å². The van der Waals surface area contributed by atoms with Crippen LogP contribution >= 0.6 is 0 Å². The van der Waals surface area contributed by atoms with Crippen LogP contribution in [0.2, 0.25) is 0 Å². The molecule has 1 heterocycles. The van der Waals surface area contributed by atoms with E-state index in [0.717, 1.165) is 5.56 Å². The van der Waals surface area contributed by atoms with Crippen LogP contribution in [0, 0.1) is 6.92 Å². The van der Waals surface area contributed by atoms with Gasteiger partial charge in [-0.05, 0) is 18.6 Å². The van der Waals surface area contributed by atoms with Crippen molar-refractivity contribution in [1.29, 1.82) is 0 Å². The zero-order chi connectivity index (χ0) is 9.42. The second kappa shape index (κ2) is 2.65. The second-order valence-corrected chi connectivity index (χ2v) is 2.97. The van der Waals surface area contributed by atoms with Crippen molar-refractivity contribution in [2.45, 2.75) is 6.92 Å². The van der Waals surface area contributed by atoms with Gasteiger partial charge >= 0.3 is 0 Å². The Morgan fingerprint density at radius 2 is 2.31 bits per heavy atom. The largest absolute Gasteiger partial charge is 0.508 e. The minimum Gasteiger partial charge on any atom is -0.508 e. The summed E-state index contributed by atoms with van der Waals surface area (Å²) in [4.78, 5) is 11.0. The van der Waals surface area contributed by atoms with Crippen LogP contribution in [0.3, 0.4) is 0 Å². The van der Waals surface area contributed by atoms with Gasteiger partial charge in [-0.2, -0.15) is 0 Å². The number of hydrogen-bond donors (Lipinski definition) is 2. The van der Waals surface area contributed by atoms with E-state index in [0.29, 0.717) is 11.4 Å². The molecule has 13 heavy (non-hydrogen) atoms. The van der Waals surface area contributed by atoms with E-state index < -0.39 is 0 Å². The summed E-state index contributed by atoms with van der Waals surface area (Å²) in [6.07, 6.45) is 0. The summed E-state index contributed by atoms with van der Waals surface area (Å²) in [6.45, 7) is 1.81. The molecule has 2 N–H and O–H groups in total. The lowest BCUT2D eigenvalue weighted by Crippen LogP contribution is -2.25. The Morgan fingerprint density at radius 3 is 3.08 bits per heavy atom. The van der Waals surface area contributed by atoms with Gasteiger partial charge in [0.1, 0.15) is 11.5 Å².